The van der Waals surface area contributed by atoms with Crippen molar-refractivity contribution in [3.8, 4) is 5.75 Å². The first-order valence-electron chi connectivity index (χ1n) is 15.0. The van der Waals surface area contributed by atoms with Crippen molar-refractivity contribution in [3.63, 3.8) is 0 Å². The zero-order valence-electron chi connectivity index (χ0n) is 25.2. The summed E-state index contributed by atoms with van der Waals surface area (Å²) in [5.41, 5.74) is 3.97. The van der Waals surface area contributed by atoms with Crippen LogP contribution in [-0.4, -0.2) is 102 Å². The highest BCUT2D eigenvalue weighted by Gasteiger charge is 2.36. The lowest BCUT2D eigenvalue weighted by Crippen LogP contribution is -2.60. The van der Waals surface area contributed by atoms with Gasteiger partial charge in [0.1, 0.15) is 30.8 Å². The molecule has 1 atom stereocenters. The Hall–Kier alpha value is -3.31. The van der Waals surface area contributed by atoms with Crippen molar-refractivity contribution < 1.29 is 9.30 Å². The maximum absolute atomic E-state index is 13.4. The number of halogens is 1. The Morgan fingerprint density at radius 2 is 1.80 bits per heavy atom. The molecule has 0 saturated carbocycles. The number of anilines is 5. The number of nitrogens with zero attached hydrogens (tertiary/aromatic N) is 7. The van der Waals surface area contributed by atoms with Gasteiger partial charge in [-0.3, -0.25) is 14.9 Å². The van der Waals surface area contributed by atoms with Crippen molar-refractivity contribution in [1.82, 2.24) is 29.7 Å². The van der Waals surface area contributed by atoms with Gasteiger partial charge in [-0.15, -0.1) is 0 Å². The van der Waals surface area contributed by atoms with Crippen LogP contribution in [0.5, 0.6) is 5.75 Å². The van der Waals surface area contributed by atoms with E-state index in [0.717, 1.165) is 36.8 Å². The standard InChI is InChI=1S/C31H37BrN9O2P/c1-39-12-8-21(9-13-39)40-14-15-41-22(18-40)19-43-27-16-20(4-7-26(27)41)36-31-35-17-23(32)30(38-31)37-25-6-5-24-28(34-11-10-33-24)29(25)44(2,3)42/h4-7,10-11,16-17,21-22H,8-9,12-15,18-19H2,1-3H3,(H2,35,36,37,38)/t22-/m1/s1. The largest absolute Gasteiger partial charge is 0.489 e. The highest BCUT2D eigenvalue weighted by atomic mass is 79.9. The fraction of sp³-hybridized carbons (Fsp3) is 0.419. The maximum Gasteiger partial charge on any atom is 0.229 e. The summed E-state index contributed by atoms with van der Waals surface area (Å²) in [6.07, 6.45) is 7.45. The fourth-order valence-corrected chi connectivity index (χ4v) is 8.28. The Labute approximate surface area is 265 Å². The molecule has 0 radical (unpaired) electrons. The van der Waals surface area contributed by atoms with Gasteiger partial charge in [-0.2, -0.15) is 4.98 Å². The fourth-order valence-electron chi connectivity index (χ4n) is 6.60. The zero-order valence-corrected chi connectivity index (χ0v) is 27.7. The highest BCUT2D eigenvalue weighted by molar-refractivity contribution is 9.10. The summed E-state index contributed by atoms with van der Waals surface area (Å²) in [7, 11) is -0.497. The van der Waals surface area contributed by atoms with Gasteiger partial charge in [-0.25, -0.2) is 4.98 Å². The Kier molecular flexibility index (Phi) is 7.95. The molecule has 3 aliphatic rings. The molecule has 0 spiro atoms. The number of hydrogen-bond donors (Lipinski definition) is 2. The first-order valence-corrected chi connectivity index (χ1v) is 18.4. The van der Waals surface area contributed by atoms with E-state index in [1.165, 1.54) is 25.9 Å². The predicted molar refractivity (Wildman–Crippen MR) is 180 cm³/mol. The molecule has 2 aromatic heterocycles. The zero-order chi connectivity index (χ0) is 30.4. The molecule has 0 aliphatic carbocycles. The van der Waals surface area contributed by atoms with E-state index in [1.54, 1.807) is 31.9 Å². The molecular weight excluding hydrogens is 641 g/mol. The predicted octanol–water partition coefficient (Wildman–Crippen LogP) is 4.89. The minimum atomic E-state index is -2.72. The lowest BCUT2D eigenvalue weighted by atomic mass is 10.00. The Morgan fingerprint density at radius 3 is 2.61 bits per heavy atom. The van der Waals surface area contributed by atoms with Crippen molar-refractivity contribution in [3.05, 3.63) is 53.4 Å². The molecule has 2 fully saturated rings. The van der Waals surface area contributed by atoms with E-state index in [2.05, 4.69) is 75.4 Å². The van der Waals surface area contributed by atoms with Crippen LogP contribution in [0.25, 0.3) is 11.0 Å². The van der Waals surface area contributed by atoms with E-state index < -0.39 is 7.14 Å². The van der Waals surface area contributed by atoms with Gasteiger partial charge in [-0.1, -0.05) is 0 Å². The van der Waals surface area contributed by atoms with E-state index in [1.807, 2.05) is 18.2 Å². The molecule has 2 aromatic carbocycles. The van der Waals surface area contributed by atoms with Gasteiger partial charge < -0.3 is 29.7 Å². The van der Waals surface area contributed by atoms with Crippen molar-refractivity contribution >= 4 is 68.2 Å². The maximum atomic E-state index is 13.4. The summed E-state index contributed by atoms with van der Waals surface area (Å²) >= 11 is 3.57. The SMILES string of the molecule is CN1CCC(N2CCN3c4ccc(Nc5ncc(Br)c(Nc6ccc7nccnc7c6P(C)(C)=O)n5)cc4OC[C@H]3C2)CC1. The first-order chi connectivity index (χ1) is 21.2. The number of hydrogen-bond acceptors (Lipinski definition) is 11. The van der Waals surface area contributed by atoms with Gasteiger partial charge in [0.2, 0.25) is 5.95 Å². The van der Waals surface area contributed by atoms with Gasteiger partial charge >= 0.3 is 0 Å². The molecule has 0 unspecified atom stereocenters. The average Bonchev–Trinajstić information content (AvgIpc) is 3.02. The first kappa shape index (κ1) is 29.4. The molecule has 5 heterocycles. The molecule has 0 bridgehead atoms. The lowest BCUT2D eigenvalue weighted by Gasteiger charge is -2.48. The van der Waals surface area contributed by atoms with Crippen molar-refractivity contribution in [2.75, 3.05) is 75.2 Å². The van der Waals surface area contributed by atoms with Crippen molar-refractivity contribution in [1.29, 1.82) is 0 Å². The van der Waals surface area contributed by atoms with Crippen LogP contribution in [0.15, 0.2) is 53.4 Å². The van der Waals surface area contributed by atoms with Gasteiger partial charge in [0.15, 0.2) is 0 Å². The van der Waals surface area contributed by atoms with E-state index in [9.17, 15) is 4.57 Å². The van der Waals surface area contributed by atoms with Gasteiger partial charge in [-0.05, 0) is 86.5 Å². The van der Waals surface area contributed by atoms with Crippen LogP contribution in [0.1, 0.15) is 12.8 Å². The molecule has 13 heteroatoms. The smallest absolute Gasteiger partial charge is 0.229 e. The quantitative estimate of drug-likeness (QED) is 0.272. The van der Waals surface area contributed by atoms with Crippen LogP contribution >= 0.6 is 23.1 Å². The summed E-state index contributed by atoms with van der Waals surface area (Å²) in [5.74, 6) is 1.84. The third kappa shape index (κ3) is 5.88. The average molecular weight is 679 g/mol. The van der Waals surface area contributed by atoms with Crippen LogP contribution in [0, 0.1) is 0 Å². The second-order valence-electron chi connectivity index (χ2n) is 12.2. The Bertz CT molecular complexity index is 1740. The molecule has 2 saturated heterocycles. The van der Waals surface area contributed by atoms with Crippen LogP contribution in [0.2, 0.25) is 0 Å². The number of likely N-dealkylation sites (tertiary alicyclic amines) is 1. The number of ether oxygens (including phenoxy) is 1. The monoisotopic (exact) mass is 677 g/mol. The molecule has 230 valence electrons. The number of piperidine rings is 1. The van der Waals surface area contributed by atoms with Crippen LogP contribution in [-0.2, 0) is 4.57 Å². The summed E-state index contributed by atoms with van der Waals surface area (Å²) in [5, 5.41) is 7.34. The van der Waals surface area contributed by atoms with Crippen molar-refractivity contribution in [2.45, 2.75) is 24.9 Å². The van der Waals surface area contributed by atoms with E-state index >= 15 is 0 Å². The molecule has 44 heavy (non-hydrogen) atoms. The normalized spacial score (nSPS) is 19.7. The highest BCUT2D eigenvalue weighted by Crippen LogP contribution is 2.42. The van der Waals surface area contributed by atoms with Gasteiger partial charge in [0.25, 0.3) is 0 Å². The molecule has 2 N–H and O–H groups in total. The number of rotatable bonds is 6. The molecule has 3 aliphatic heterocycles. The van der Waals surface area contributed by atoms with Gasteiger partial charge in [0.05, 0.1) is 32.7 Å². The summed E-state index contributed by atoms with van der Waals surface area (Å²) < 4.78 is 20.3. The van der Waals surface area contributed by atoms with Crippen molar-refractivity contribution in [2.24, 2.45) is 0 Å². The lowest BCUT2D eigenvalue weighted by molar-refractivity contribution is 0.0868. The van der Waals surface area contributed by atoms with Crippen LogP contribution in [0.3, 0.4) is 0 Å². The number of aromatic nitrogens is 4. The second kappa shape index (κ2) is 11.9. The number of benzene rings is 2. The summed E-state index contributed by atoms with van der Waals surface area (Å²) in [6.45, 7) is 9.67. The Morgan fingerprint density at radius 1 is 0.977 bits per heavy atom. The van der Waals surface area contributed by atoms with E-state index in [-0.39, 0.29) is 0 Å². The minimum Gasteiger partial charge on any atom is -0.489 e. The molecule has 0 amide bonds. The second-order valence-corrected chi connectivity index (χ2v) is 16.3. The summed E-state index contributed by atoms with van der Waals surface area (Å²) in [6, 6.07) is 11.0. The summed E-state index contributed by atoms with van der Waals surface area (Å²) in [4.78, 5) is 25.7. The van der Waals surface area contributed by atoms with E-state index in [4.69, 9.17) is 9.72 Å². The van der Waals surface area contributed by atoms with Gasteiger partial charge in [0, 0.05) is 56.0 Å². The number of fused-ring (bicyclic) bond motifs is 4. The third-order valence-electron chi connectivity index (χ3n) is 8.82. The molecular formula is C31H37BrN9O2P. The molecule has 4 aromatic rings. The van der Waals surface area contributed by atoms with Crippen LogP contribution in [0.4, 0.5) is 28.8 Å². The minimum absolute atomic E-state index is 0.366. The molecule has 11 nitrogen and oxygen atoms in total. The topological polar surface area (TPSA) is 112 Å². The third-order valence-corrected chi connectivity index (χ3v) is 10.9. The molecule has 7 rings (SSSR count). The van der Waals surface area contributed by atoms with E-state index in [0.29, 0.717) is 57.0 Å². The Balaban J connectivity index is 1.08. The van der Waals surface area contributed by atoms with Crippen LogP contribution < -0.4 is 25.6 Å². The number of piperazine rings is 1. The number of nitrogens with one attached hydrogen (secondary N) is 2.